The minimum Gasteiger partial charge on any atom is -0.381 e. The van der Waals surface area contributed by atoms with E-state index >= 15 is 0 Å². The summed E-state index contributed by atoms with van der Waals surface area (Å²) < 4.78 is 5.30. The highest BCUT2D eigenvalue weighted by Gasteiger charge is 2.16. The predicted molar refractivity (Wildman–Crippen MR) is 70.1 cm³/mol. The smallest absolute Gasteiger partial charge is 0.0619 e. The Morgan fingerprint density at radius 1 is 1.12 bits per heavy atom. The molecule has 17 heavy (non-hydrogen) atoms. The van der Waals surface area contributed by atoms with Gasteiger partial charge in [0, 0.05) is 31.5 Å². The molecule has 1 aromatic heterocycles. The Morgan fingerprint density at radius 3 is 2.24 bits per heavy atom. The van der Waals surface area contributed by atoms with Crippen LogP contribution in [0.1, 0.15) is 56.8 Å². The van der Waals surface area contributed by atoms with E-state index in [1.807, 2.05) is 19.3 Å². The number of aromatic nitrogens is 2. The molecule has 1 aliphatic rings. The summed E-state index contributed by atoms with van der Waals surface area (Å²) in [5.41, 5.74) is 2.10. The van der Waals surface area contributed by atoms with Crippen LogP contribution >= 0.6 is 0 Å². The maximum Gasteiger partial charge on any atom is 0.0619 e. The molecule has 2 heterocycles. The predicted octanol–water partition coefficient (Wildman–Crippen LogP) is 3.49. The zero-order valence-corrected chi connectivity index (χ0v) is 11.3. The van der Waals surface area contributed by atoms with Gasteiger partial charge in [-0.15, -0.1) is 0 Å². The molecule has 0 unspecified atom stereocenters. The van der Waals surface area contributed by atoms with Crippen LogP contribution in [0.3, 0.4) is 0 Å². The van der Waals surface area contributed by atoms with E-state index < -0.39 is 0 Å². The molecule has 1 fully saturated rings. The maximum atomic E-state index is 5.30. The molecule has 0 atom stereocenters. The Bertz CT molecular complexity index is 290. The lowest BCUT2D eigenvalue weighted by Gasteiger charge is -2.20. The third kappa shape index (κ3) is 5.26. The van der Waals surface area contributed by atoms with E-state index in [0.29, 0.717) is 5.92 Å². The first-order valence-electron chi connectivity index (χ1n) is 6.64. The lowest BCUT2D eigenvalue weighted by atomic mass is 9.97. The van der Waals surface area contributed by atoms with E-state index in [2.05, 4.69) is 23.8 Å². The van der Waals surface area contributed by atoms with Gasteiger partial charge in [0.2, 0.25) is 0 Å². The van der Waals surface area contributed by atoms with Gasteiger partial charge in [0.05, 0.1) is 11.4 Å². The average Bonchev–Trinajstić information content (AvgIpc) is 2.41. The van der Waals surface area contributed by atoms with E-state index in [4.69, 9.17) is 4.74 Å². The normalized spacial score (nSPS) is 16.2. The third-order valence-corrected chi connectivity index (χ3v) is 2.94. The summed E-state index contributed by atoms with van der Waals surface area (Å²) in [6.45, 7) is 8.04. The first-order valence-corrected chi connectivity index (χ1v) is 6.64. The number of rotatable bonds is 2. The Morgan fingerprint density at radius 2 is 1.76 bits per heavy atom. The molecule has 0 bridgehead atoms. The number of unbranched alkanes of at least 4 members (excludes halogenated alkanes) is 1. The summed E-state index contributed by atoms with van der Waals surface area (Å²) in [7, 11) is 0. The summed E-state index contributed by atoms with van der Waals surface area (Å²) >= 11 is 0. The van der Waals surface area contributed by atoms with Crippen LogP contribution in [0.15, 0.2) is 12.4 Å². The van der Waals surface area contributed by atoms with Crippen molar-refractivity contribution in [2.45, 2.75) is 52.4 Å². The molecule has 3 nitrogen and oxygen atoms in total. The molecular formula is C14H24N2O. The lowest BCUT2D eigenvalue weighted by molar-refractivity contribution is 0.0844. The van der Waals surface area contributed by atoms with Crippen LogP contribution in [0, 0.1) is 6.92 Å². The van der Waals surface area contributed by atoms with Crippen molar-refractivity contribution in [3.05, 3.63) is 23.8 Å². The fourth-order valence-corrected chi connectivity index (χ4v) is 1.61. The van der Waals surface area contributed by atoms with Crippen molar-refractivity contribution >= 4 is 0 Å². The maximum absolute atomic E-state index is 5.30. The molecule has 0 radical (unpaired) electrons. The van der Waals surface area contributed by atoms with E-state index in [0.717, 1.165) is 37.4 Å². The Hall–Kier alpha value is -0.960. The summed E-state index contributed by atoms with van der Waals surface area (Å²) in [6, 6.07) is 0. The number of ether oxygens (including phenoxy) is 1. The minimum absolute atomic E-state index is 0.557. The van der Waals surface area contributed by atoms with E-state index in [1.54, 1.807) is 0 Å². The fourth-order valence-electron chi connectivity index (χ4n) is 1.61. The number of hydrogen-bond acceptors (Lipinski definition) is 3. The molecule has 1 aromatic rings. The molecule has 3 heteroatoms. The van der Waals surface area contributed by atoms with Gasteiger partial charge in [0.1, 0.15) is 0 Å². The van der Waals surface area contributed by atoms with Crippen molar-refractivity contribution in [1.82, 2.24) is 9.97 Å². The molecule has 1 saturated heterocycles. The molecule has 96 valence electrons. The van der Waals surface area contributed by atoms with Crippen molar-refractivity contribution in [2.75, 3.05) is 13.2 Å². The van der Waals surface area contributed by atoms with Crippen LogP contribution in [-0.2, 0) is 4.74 Å². The quantitative estimate of drug-likeness (QED) is 0.788. The van der Waals surface area contributed by atoms with E-state index in [1.165, 1.54) is 12.8 Å². The van der Waals surface area contributed by atoms with Crippen LogP contribution in [0.5, 0.6) is 0 Å². The molecule has 0 spiro atoms. The van der Waals surface area contributed by atoms with Gasteiger partial charge in [-0.25, -0.2) is 0 Å². The minimum atomic E-state index is 0.557. The van der Waals surface area contributed by atoms with Crippen LogP contribution in [0.4, 0.5) is 0 Å². The van der Waals surface area contributed by atoms with E-state index in [-0.39, 0.29) is 0 Å². The van der Waals surface area contributed by atoms with Gasteiger partial charge < -0.3 is 4.74 Å². The van der Waals surface area contributed by atoms with Gasteiger partial charge in [-0.05, 0) is 19.8 Å². The summed E-state index contributed by atoms with van der Waals surface area (Å²) in [6.07, 6.45) is 8.53. The van der Waals surface area contributed by atoms with Gasteiger partial charge in [-0.1, -0.05) is 26.7 Å². The number of nitrogens with zero attached hydrogens (tertiary/aromatic N) is 2. The van der Waals surface area contributed by atoms with Crippen molar-refractivity contribution in [3.8, 4) is 0 Å². The fraction of sp³-hybridized carbons (Fsp3) is 0.714. The molecule has 0 amide bonds. The number of aryl methyl sites for hydroxylation is 1. The van der Waals surface area contributed by atoms with Gasteiger partial charge in [0.25, 0.3) is 0 Å². The molecule has 0 aliphatic carbocycles. The highest BCUT2D eigenvalue weighted by Crippen LogP contribution is 2.24. The molecule has 2 rings (SSSR count). The average molecular weight is 236 g/mol. The molecule has 0 aromatic carbocycles. The zero-order chi connectivity index (χ0) is 12.5. The number of hydrogen-bond donors (Lipinski definition) is 0. The van der Waals surface area contributed by atoms with Crippen LogP contribution < -0.4 is 0 Å². The third-order valence-electron chi connectivity index (χ3n) is 2.94. The largest absolute Gasteiger partial charge is 0.381 e. The van der Waals surface area contributed by atoms with E-state index in [9.17, 15) is 0 Å². The van der Waals surface area contributed by atoms with Crippen molar-refractivity contribution in [1.29, 1.82) is 0 Å². The summed E-state index contributed by atoms with van der Waals surface area (Å²) in [4.78, 5) is 8.63. The zero-order valence-electron chi connectivity index (χ0n) is 11.3. The summed E-state index contributed by atoms with van der Waals surface area (Å²) in [5.74, 6) is 0.557. The molecule has 0 N–H and O–H groups in total. The molecule has 0 saturated carbocycles. The standard InChI is InChI=1S/C10H14N2O.C4H10/c1-8-6-12-10(7-11-8)9-2-4-13-5-3-9;1-3-4-2/h6-7,9H,2-5H2,1H3;3-4H2,1-2H3. The van der Waals surface area contributed by atoms with Crippen LogP contribution in [0.25, 0.3) is 0 Å². The van der Waals surface area contributed by atoms with Crippen LogP contribution in [0.2, 0.25) is 0 Å². The van der Waals surface area contributed by atoms with Crippen molar-refractivity contribution in [3.63, 3.8) is 0 Å². The highest BCUT2D eigenvalue weighted by molar-refractivity contribution is 5.07. The monoisotopic (exact) mass is 236 g/mol. The van der Waals surface area contributed by atoms with Gasteiger partial charge in [-0.3, -0.25) is 9.97 Å². The van der Waals surface area contributed by atoms with Gasteiger partial charge in [-0.2, -0.15) is 0 Å². The molecular weight excluding hydrogens is 212 g/mol. The highest BCUT2D eigenvalue weighted by atomic mass is 16.5. The summed E-state index contributed by atoms with van der Waals surface area (Å²) in [5, 5.41) is 0. The van der Waals surface area contributed by atoms with Gasteiger partial charge in [0.15, 0.2) is 0 Å². The topological polar surface area (TPSA) is 35.0 Å². The second kappa shape index (κ2) is 8.18. The Balaban J connectivity index is 0.000000317. The molecule has 1 aliphatic heterocycles. The van der Waals surface area contributed by atoms with Crippen LogP contribution in [-0.4, -0.2) is 23.2 Å². The lowest BCUT2D eigenvalue weighted by Crippen LogP contribution is -2.15. The second-order valence-corrected chi connectivity index (χ2v) is 4.47. The first kappa shape index (κ1) is 14.1. The SMILES string of the molecule is CCCC.Cc1cnc(C2CCOCC2)cn1. The Kier molecular flexibility index (Phi) is 6.78. The second-order valence-electron chi connectivity index (χ2n) is 4.47. The van der Waals surface area contributed by atoms with Crippen molar-refractivity contribution in [2.24, 2.45) is 0 Å². The van der Waals surface area contributed by atoms with Gasteiger partial charge >= 0.3 is 0 Å². The Labute approximate surface area is 105 Å². The first-order chi connectivity index (χ1) is 8.27. The van der Waals surface area contributed by atoms with Crippen molar-refractivity contribution < 1.29 is 4.74 Å².